The smallest absolute Gasteiger partial charge is 0.261 e. The van der Waals surface area contributed by atoms with Crippen molar-refractivity contribution in [3.05, 3.63) is 21.9 Å². The molecule has 1 aliphatic rings. The van der Waals surface area contributed by atoms with Crippen molar-refractivity contribution >= 4 is 17.2 Å². The summed E-state index contributed by atoms with van der Waals surface area (Å²) in [7, 11) is 0. The highest BCUT2D eigenvalue weighted by molar-refractivity contribution is 7.14. The minimum atomic E-state index is -0.152. The molecule has 0 unspecified atom stereocenters. The summed E-state index contributed by atoms with van der Waals surface area (Å²) in [5.74, 6) is 6.18. The van der Waals surface area contributed by atoms with Crippen molar-refractivity contribution in [2.24, 2.45) is 5.92 Å². The van der Waals surface area contributed by atoms with Crippen LogP contribution in [0.2, 0.25) is 0 Å². The van der Waals surface area contributed by atoms with Gasteiger partial charge in [0.1, 0.15) is 6.61 Å². The SMILES string of the molecule is O=C(NCCC1CCC1)c1ccc(C#CCO)s1. The van der Waals surface area contributed by atoms with Gasteiger partial charge in [0, 0.05) is 6.54 Å². The lowest BCUT2D eigenvalue weighted by atomic mass is 9.83. The van der Waals surface area contributed by atoms with Gasteiger partial charge in [-0.15, -0.1) is 11.3 Å². The fraction of sp³-hybridized carbons (Fsp3) is 0.500. The first-order chi connectivity index (χ1) is 8.79. The van der Waals surface area contributed by atoms with Crippen molar-refractivity contribution in [2.45, 2.75) is 25.7 Å². The lowest BCUT2D eigenvalue weighted by Crippen LogP contribution is -2.26. The van der Waals surface area contributed by atoms with E-state index in [2.05, 4.69) is 17.2 Å². The van der Waals surface area contributed by atoms with Crippen LogP contribution in [0.4, 0.5) is 0 Å². The number of aliphatic hydroxyl groups is 1. The molecular weight excluding hydrogens is 246 g/mol. The molecule has 0 saturated heterocycles. The lowest BCUT2D eigenvalue weighted by molar-refractivity contribution is 0.0953. The van der Waals surface area contributed by atoms with E-state index in [0.717, 1.165) is 23.8 Å². The summed E-state index contributed by atoms with van der Waals surface area (Å²) >= 11 is 1.36. The molecule has 2 rings (SSSR count). The minimum Gasteiger partial charge on any atom is -0.384 e. The Morgan fingerprint density at radius 3 is 3.00 bits per heavy atom. The molecule has 1 aromatic rings. The van der Waals surface area contributed by atoms with E-state index in [1.54, 1.807) is 6.07 Å². The Morgan fingerprint density at radius 1 is 1.50 bits per heavy atom. The molecule has 1 aromatic heterocycles. The zero-order valence-corrected chi connectivity index (χ0v) is 11.1. The number of thiophene rings is 1. The van der Waals surface area contributed by atoms with Crippen molar-refractivity contribution in [3.8, 4) is 11.8 Å². The lowest BCUT2D eigenvalue weighted by Gasteiger charge is -2.24. The molecule has 1 fully saturated rings. The molecule has 1 amide bonds. The predicted molar refractivity (Wildman–Crippen MR) is 72.6 cm³/mol. The number of nitrogens with one attached hydrogen (secondary N) is 1. The highest BCUT2D eigenvalue weighted by Crippen LogP contribution is 2.28. The van der Waals surface area contributed by atoms with Gasteiger partial charge in [0.15, 0.2) is 0 Å². The van der Waals surface area contributed by atoms with Crippen LogP contribution in [0, 0.1) is 17.8 Å². The van der Waals surface area contributed by atoms with E-state index in [1.807, 2.05) is 6.07 Å². The number of hydrogen-bond donors (Lipinski definition) is 2. The van der Waals surface area contributed by atoms with Gasteiger partial charge in [-0.3, -0.25) is 4.79 Å². The first-order valence-electron chi connectivity index (χ1n) is 6.27. The number of hydrogen-bond acceptors (Lipinski definition) is 3. The Morgan fingerprint density at radius 2 is 2.33 bits per heavy atom. The third-order valence-corrected chi connectivity index (χ3v) is 4.18. The van der Waals surface area contributed by atoms with Crippen molar-refractivity contribution in [1.29, 1.82) is 0 Å². The first kappa shape index (κ1) is 13.1. The van der Waals surface area contributed by atoms with Gasteiger partial charge in [-0.05, 0) is 24.5 Å². The maximum absolute atomic E-state index is 11.8. The number of rotatable bonds is 4. The van der Waals surface area contributed by atoms with Crippen LogP contribution in [0.3, 0.4) is 0 Å². The summed E-state index contributed by atoms with van der Waals surface area (Å²) in [5.41, 5.74) is 0. The fourth-order valence-electron chi connectivity index (χ4n) is 1.91. The highest BCUT2D eigenvalue weighted by atomic mass is 32.1. The summed E-state index contributed by atoms with van der Waals surface area (Å²) in [6, 6.07) is 3.60. The molecule has 96 valence electrons. The third kappa shape index (κ3) is 3.59. The quantitative estimate of drug-likeness (QED) is 0.816. The second-order valence-electron chi connectivity index (χ2n) is 4.47. The van der Waals surface area contributed by atoms with Gasteiger partial charge in [-0.2, -0.15) is 0 Å². The molecule has 1 heterocycles. The minimum absolute atomic E-state index is 0.0172. The zero-order chi connectivity index (χ0) is 12.8. The Bertz CT molecular complexity index is 466. The van der Waals surface area contributed by atoms with Crippen LogP contribution in [-0.2, 0) is 0 Å². The standard InChI is InChI=1S/C14H17NO2S/c16-10-2-5-12-6-7-13(18-12)14(17)15-9-8-11-3-1-4-11/h6-7,11,16H,1,3-4,8-10H2,(H,15,17). The van der Waals surface area contributed by atoms with Crippen LogP contribution >= 0.6 is 11.3 Å². The number of amides is 1. The first-order valence-corrected chi connectivity index (χ1v) is 7.09. The molecule has 0 radical (unpaired) electrons. The Kier molecular flexibility index (Phi) is 4.80. The normalized spacial score (nSPS) is 14.5. The highest BCUT2D eigenvalue weighted by Gasteiger charge is 2.17. The van der Waals surface area contributed by atoms with Gasteiger partial charge in [0.25, 0.3) is 5.91 Å². The third-order valence-electron chi connectivity index (χ3n) is 3.18. The molecule has 3 nitrogen and oxygen atoms in total. The molecule has 0 spiro atoms. The van der Waals surface area contributed by atoms with Gasteiger partial charge in [-0.25, -0.2) is 0 Å². The van der Waals surface area contributed by atoms with Gasteiger partial charge >= 0.3 is 0 Å². The van der Waals surface area contributed by atoms with Crippen LogP contribution in [0.5, 0.6) is 0 Å². The Labute approximate surface area is 111 Å². The van der Waals surface area contributed by atoms with Gasteiger partial charge in [0.2, 0.25) is 0 Å². The average molecular weight is 263 g/mol. The summed E-state index contributed by atoms with van der Waals surface area (Å²) in [6.45, 7) is 0.611. The van der Waals surface area contributed by atoms with E-state index in [0.29, 0.717) is 4.88 Å². The van der Waals surface area contributed by atoms with Crippen LogP contribution in [0.15, 0.2) is 12.1 Å². The second-order valence-corrected chi connectivity index (χ2v) is 5.55. The van der Waals surface area contributed by atoms with Crippen LogP contribution < -0.4 is 5.32 Å². The summed E-state index contributed by atoms with van der Waals surface area (Å²) < 4.78 is 0. The van der Waals surface area contributed by atoms with Crippen LogP contribution in [0.25, 0.3) is 0 Å². The van der Waals surface area contributed by atoms with Crippen molar-refractivity contribution in [1.82, 2.24) is 5.32 Å². The van der Waals surface area contributed by atoms with Crippen molar-refractivity contribution in [3.63, 3.8) is 0 Å². The van der Waals surface area contributed by atoms with E-state index in [1.165, 1.54) is 30.6 Å². The van der Waals surface area contributed by atoms with E-state index in [9.17, 15) is 4.79 Å². The van der Waals surface area contributed by atoms with Gasteiger partial charge < -0.3 is 10.4 Å². The number of carbonyl (C=O) groups excluding carboxylic acids is 1. The van der Waals surface area contributed by atoms with Gasteiger partial charge in [-0.1, -0.05) is 31.1 Å². The monoisotopic (exact) mass is 263 g/mol. The van der Waals surface area contributed by atoms with E-state index >= 15 is 0 Å². The molecule has 0 atom stereocenters. The maximum Gasteiger partial charge on any atom is 0.261 e. The second kappa shape index (κ2) is 6.58. The fourth-order valence-corrected chi connectivity index (χ4v) is 2.71. The summed E-state index contributed by atoms with van der Waals surface area (Å²) in [5, 5.41) is 11.5. The molecule has 0 aromatic carbocycles. The molecular formula is C14H17NO2S. The molecule has 1 aliphatic carbocycles. The predicted octanol–water partition coefficient (Wildman–Crippen LogP) is 2.01. The largest absolute Gasteiger partial charge is 0.384 e. The number of aliphatic hydroxyl groups excluding tert-OH is 1. The molecule has 1 saturated carbocycles. The topological polar surface area (TPSA) is 49.3 Å². The number of carbonyl (C=O) groups is 1. The van der Waals surface area contributed by atoms with E-state index in [-0.39, 0.29) is 12.5 Å². The summed E-state index contributed by atoms with van der Waals surface area (Å²) in [6.07, 6.45) is 5.07. The summed E-state index contributed by atoms with van der Waals surface area (Å²) in [4.78, 5) is 13.3. The Balaban J connectivity index is 1.78. The van der Waals surface area contributed by atoms with Gasteiger partial charge in [0.05, 0.1) is 9.75 Å². The van der Waals surface area contributed by atoms with Crippen LogP contribution in [-0.4, -0.2) is 24.2 Å². The van der Waals surface area contributed by atoms with Crippen molar-refractivity contribution < 1.29 is 9.90 Å². The average Bonchev–Trinajstić information content (AvgIpc) is 2.78. The van der Waals surface area contributed by atoms with Crippen molar-refractivity contribution in [2.75, 3.05) is 13.2 Å². The maximum atomic E-state index is 11.8. The molecule has 0 aliphatic heterocycles. The molecule has 0 bridgehead atoms. The van der Waals surface area contributed by atoms with E-state index < -0.39 is 0 Å². The Hall–Kier alpha value is -1.31. The zero-order valence-electron chi connectivity index (χ0n) is 10.2. The molecule has 2 N–H and O–H groups in total. The molecule has 18 heavy (non-hydrogen) atoms. The van der Waals surface area contributed by atoms with E-state index in [4.69, 9.17) is 5.11 Å². The molecule has 4 heteroatoms. The van der Waals surface area contributed by atoms with Crippen LogP contribution in [0.1, 0.15) is 40.2 Å².